The molecule has 0 amide bonds. The second-order valence-corrected chi connectivity index (χ2v) is 7.06. The van der Waals surface area contributed by atoms with E-state index < -0.39 is 0 Å². The summed E-state index contributed by atoms with van der Waals surface area (Å²) in [5.74, 6) is 2.03. The monoisotopic (exact) mass is 357 g/mol. The molecule has 0 saturated carbocycles. The molecular weight excluding hydrogens is 338 g/mol. The smallest absolute Gasteiger partial charge is 0.228 e. The second kappa shape index (κ2) is 7.33. The number of aromatic nitrogens is 2. The van der Waals surface area contributed by atoms with E-state index in [4.69, 9.17) is 4.52 Å². The predicted octanol–water partition coefficient (Wildman–Crippen LogP) is 4.13. The van der Waals surface area contributed by atoms with Gasteiger partial charge in [-0.25, -0.2) is 0 Å². The summed E-state index contributed by atoms with van der Waals surface area (Å²) in [7, 11) is 0. The molecule has 0 saturated heterocycles. The van der Waals surface area contributed by atoms with Crippen LogP contribution in [-0.4, -0.2) is 22.7 Å². The van der Waals surface area contributed by atoms with E-state index in [1.165, 1.54) is 0 Å². The second-order valence-electron chi connectivity index (χ2n) is 5.23. The highest BCUT2D eigenvalue weighted by Gasteiger charge is 2.16. The molecule has 4 nitrogen and oxygen atoms in total. The highest BCUT2D eigenvalue weighted by molar-refractivity contribution is 9.10. The maximum Gasteiger partial charge on any atom is 0.228 e. The summed E-state index contributed by atoms with van der Waals surface area (Å²) in [5.41, 5.74) is 0. The minimum Gasteiger partial charge on any atom is -0.339 e. The lowest BCUT2D eigenvalue weighted by Gasteiger charge is -2.17. The number of nitrogens with one attached hydrogen (secondary N) is 1. The fourth-order valence-corrected chi connectivity index (χ4v) is 3.53. The summed E-state index contributed by atoms with van der Waals surface area (Å²) in [5, 5.41) is 9.57. The van der Waals surface area contributed by atoms with Crippen molar-refractivity contribution in [3.05, 3.63) is 21.8 Å². The SMILES string of the molecule is CCNC(Cc1nc(-c2cc(Br)cs2)no1)CC(C)C. The van der Waals surface area contributed by atoms with E-state index in [2.05, 4.69) is 52.2 Å². The van der Waals surface area contributed by atoms with Crippen LogP contribution in [0.2, 0.25) is 0 Å². The fourth-order valence-electron chi connectivity index (χ4n) is 2.18. The number of hydrogen-bond acceptors (Lipinski definition) is 5. The molecule has 0 radical (unpaired) electrons. The molecule has 0 aromatic carbocycles. The van der Waals surface area contributed by atoms with E-state index in [-0.39, 0.29) is 0 Å². The molecule has 1 atom stereocenters. The largest absolute Gasteiger partial charge is 0.339 e. The molecule has 0 spiro atoms. The van der Waals surface area contributed by atoms with E-state index in [1.54, 1.807) is 11.3 Å². The van der Waals surface area contributed by atoms with Crippen LogP contribution in [0.15, 0.2) is 20.4 Å². The van der Waals surface area contributed by atoms with Crippen LogP contribution in [0.3, 0.4) is 0 Å². The molecule has 0 aliphatic heterocycles. The molecule has 2 aromatic heterocycles. The fraction of sp³-hybridized carbons (Fsp3) is 0.571. The summed E-state index contributed by atoms with van der Waals surface area (Å²) in [4.78, 5) is 5.52. The van der Waals surface area contributed by atoms with Crippen LogP contribution in [0, 0.1) is 5.92 Å². The molecule has 20 heavy (non-hydrogen) atoms. The Morgan fingerprint density at radius 2 is 2.25 bits per heavy atom. The maximum absolute atomic E-state index is 5.38. The molecule has 0 aliphatic carbocycles. The molecule has 2 rings (SSSR count). The minimum absolute atomic E-state index is 0.392. The Hall–Kier alpha value is -0.720. The normalized spacial score (nSPS) is 13.1. The van der Waals surface area contributed by atoms with E-state index in [1.807, 2.05) is 11.4 Å². The number of hydrogen-bond donors (Lipinski definition) is 1. The number of likely N-dealkylation sites (N-methyl/N-ethyl adjacent to an activating group) is 1. The third-order valence-electron chi connectivity index (χ3n) is 2.93. The first-order valence-corrected chi connectivity index (χ1v) is 8.56. The Kier molecular flexibility index (Phi) is 5.74. The van der Waals surface area contributed by atoms with Crippen LogP contribution in [-0.2, 0) is 6.42 Å². The van der Waals surface area contributed by atoms with Gasteiger partial charge in [0.15, 0.2) is 0 Å². The summed E-state index contributed by atoms with van der Waals surface area (Å²) in [6.45, 7) is 7.53. The summed E-state index contributed by atoms with van der Waals surface area (Å²) in [6.07, 6.45) is 1.89. The Labute approximate surface area is 132 Å². The predicted molar refractivity (Wildman–Crippen MR) is 85.9 cm³/mol. The zero-order valence-electron chi connectivity index (χ0n) is 12.0. The van der Waals surface area contributed by atoms with E-state index >= 15 is 0 Å². The van der Waals surface area contributed by atoms with E-state index in [0.717, 1.165) is 28.7 Å². The average molecular weight is 358 g/mol. The topological polar surface area (TPSA) is 51.0 Å². The number of thiophene rings is 1. The van der Waals surface area contributed by atoms with Crippen molar-refractivity contribution >= 4 is 27.3 Å². The van der Waals surface area contributed by atoms with Crippen LogP contribution in [0.4, 0.5) is 0 Å². The lowest BCUT2D eigenvalue weighted by Crippen LogP contribution is -2.32. The zero-order chi connectivity index (χ0) is 14.5. The van der Waals surface area contributed by atoms with E-state index in [9.17, 15) is 0 Å². The van der Waals surface area contributed by atoms with Crippen molar-refractivity contribution in [3.8, 4) is 10.7 Å². The van der Waals surface area contributed by atoms with Crippen molar-refractivity contribution in [2.24, 2.45) is 5.92 Å². The maximum atomic E-state index is 5.38. The van der Waals surface area contributed by atoms with Gasteiger partial charge in [0.2, 0.25) is 11.7 Å². The van der Waals surface area contributed by atoms with Gasteiger partial charge in [-0.2, -0.15) is 4.98 Å². The standard InChI is InChI=1S/C14H20BrN3OS/c1-4-16-11(5-9(2)3)7-13-17-14(18-19-13)12-6-10(15)8-20-12/h6,8-9,11,16H,4-5,7H2,1-3H3. The quantitative estimate of drug-likeness (QED) is 0.809. The molecule has 6 heteroatoms. The van der Waals surface area contributed by atoms with Gasteiger partial charge in [-0.05, 0) is 40.9 Å². The van der Waals surface area contributed by atoms with Gasteiger partial charge >= 0.3 is 0 Å². The molecule has 0 aliphatic rings. The Bertz CT molecular complexity index is 538. The van der Waals surface area contributed by atoms with Crippen LogP contribution in [0.1, 0.15) is 33.1 Å². The number of nitrogens with zero attached hydrogens (tertiary/aromatic N) is 2. The van der Waals surface area contributed by atoms with Crippen molar-refractivity contribution in [2.45, 2.75) is 39.7 Å². The number of halogens is 1. The molecule has 0 fully saturated rings. The van der Waals surface area contributed by atoms with Crippen LogP contribution >= 0.6 is 27.3 Å². The number of rotatable bonds is 7. The molecule has 2 aromatic rings. The zero-order valence-corrected chi connectivity index (χ0v) is 14.4. The van der Waals surface area contributed by atoms with Gasteiger partial charge in [-0.1, -0.05) is 25.9 Å². The average Bonchev–Trinajstić information content (AvgIpc) is 2.97. The molecule has 110 valence electrons. The Balaban J connectivity index is 2.04. The van der Waals surface area contributed by atoms with Crippen molar-refractivity contribution in [2.75, 3.05) is 6.54 Å². The van der Waals surface area contributed by atoms with Gasteiger partial charge in [-0.15, -0.1) is 11.3 Å². The van der Waals surface area contributed by atoms with Crippen molar-refractivity contribution in [1.82, 2.24) is 15.5 Å². The highest BCUT2D eigenvalue weighted by Crippen LogP contribution is 2.27. The van der Waals surface area contributed by atoms with E-state index in [0.29, 0.717) is 23.7 Å². The van der Waals surface area contributed by atoms with Crippen molar-refractivity contribution in [3.63, 3.8) is 0 Å². The minimum atomic E-state index is 0.392. The van der Waals surface area contributed by atoms with Gasteiger partial charge in [-0.3, -0.25) is 0 Å². The lowest BCUT2D eigenvalue weighted by molar-refractivity contribution is 0.340. The van der Waals surface area contributed by atoms with Gasteiger partial charge in [0, 0.05) is 22.3 Å². The highest BCUT2D eigenvalue weighted by atomic mass is 79.9. The first-order chi connectivity index (χ1) is 9.58. The Morgan fingerprint density at radius 1 is 1.45 bits per heavy atom. The van der Waals surface area contributed by atoms with Gasteiger partial charge < -0.3 is 9.84 Å². The summed E-state index contributed by atoms with van der Waals surface area (Å²) < 4.78 is 6.43. The van der Waals surface area contributed by atoms with Crippen LogP contribution in [0.5, 0.6) is 0 Å². The first-order valence-electron chi connectivity index (χ1n) is 6.88. The van der Waals surface area contributed by atoms with Crippen molar-refractivity contribution < 1.29 is 4.52 Å². The van der Waals surface area contributed by atoms with Crippen LogP contribution in [0.25, 0.3) is 10.7 Å². The summed E-state index contributed by atoms with van der Waals surface area (Å²) >= 11 is 5.05. The third kappa shape index (κ3) is 4.40. The van der Waals surface area contributed by atoms with Gasteiger partial charge in [0.1, 0.15) is 0 Å². The molecule has 1 unspecified atom stereocenters. The molecule has 2 heterocycles. The molecule has 1 N–H and O–H groups in total. The van der Waals surface area contributed by atoms with Crippen LogP contribution < -0.4 is 5.32 Å². The Morgan fingerprint density at radius 3 is 2.85 bits per heavy atom. The lowest BCUT2D eigenvalue weighted by atomic mass is 10.0. The summed E-state index contributed by atoms with van der Waals surface area (Å²) in [6, 6.07) is 2.40. The van der Waals surface area contributed by atoms with Crippen molar-refractivity contribution in [1.29, 1.82) is 0 Å². The molecular formula is C14H20BrN3OS. The van der Waals surface area contributed by atoms with Gasteiger partial charge in [0.25, 0.3) is 0 Å². The van der Waals surface area contributed by atoms with Gasteiger partial charge in [0.05, 0.1) is 4.88 Å². The molecule has 0 bridgehead atoms. The first kappa shape index (κ1) is 15.7. The third-order valence-corrected chi connectivity index (χ3v) is 4.61.